The molecule has 2 rings (SSSR count). The van der Waals surface area contributed by atoms with Gasteiger partial charge in [0, 0.05) is 5.56 Å². The molecule has 2 aromatic carbocycles. The molecule has 0 bridgehead atoms. The highest BCUT2D eigenvalue weighted by Crippen LogP contribution is 2.32. The lowest BCUT2D eigenvalue weighted by Crippen LogP contribution is -1.96. The van der Waals surface area contributed by atoms with Crippen LogP contribution in [0.2, 0.25) is 0 Å². The zero-order valence-electron chi connectivity index (χ0n) is 11.1. The zero-order chi connectivity index (χ0) is 13.7. The maximum Gasteiger partial charge on any atom is 0.127 e. The highest BCUT2D eigenvalue weighted by atomic mass is 79.9. The van der Waals surface area contributed by atoms with Crippen LogP contribution in [0.15, 0.2) is 48.5 Å². The fraction of sp³-hybridized carbons (Fsp3) is 0.294. The van der Waals surface area contributed by atoms with Crippen molar-refractivity contribution >= 4 is 15.9 Å². The van der Waals surface area contributed by atoms with Crippen LogP contribution in [0.5, 0.6) is 0 Å². The van der Waals surface area contributed by atoms with Crippen LogP contribution in [0.1, 0.15) is 41.3 Å². The highest BCUT2D eigenvalue weighted by Gasteiger charge is 2.13. The largest absolute Gasteiger partial charge is 0.207 e. The van der Waals surface area contributed by atoms with Crippen molar-refractivity contribution in [3.8, 4) is 0 Å². The molecule has 0 N–H and O–H groups in total. The monoisotopic (exact) mass is 320 g/mol. The van der Waals surface area contributed by atoms with Crippen LogP contribution in [0, 0.1) is 5.82 Å². The van der Waals surface area contributed by atoms with Gasteiger partial charge >= 0.3 is 0 Å². The molecule has 0 aliphatic rings. The van der Waals surface area contributed by atoms with Crippen molar-refractivity contribution in [3.63, 3.8) is 0 Å². The van der Waals surface area contributed by atoms with Crippen molar-refractivity contribution in [3.05, 3.63) is 71.0 Å². The third kappa shape index (κ3) is 3.66. The summed E-state index contributed by atoms with van der Waals surface area (Å²) in [5.74, 6) is -0.167. The number of unbranched alkanes of at least 4 members (excludes halogenated alkanes) is 1. The average molecular weight is 321 g/mol. The van der Waals surface area contributed by atoms with Gasteiger partial charge in [0.05, 0.1) is 4.83 Å². The summed E-state index contributed by atoms with van der Waals surface area (Å²) in [6.45, 7) is 2.20. The molecule has 0 aliphatic carbocycles. The van der Waals surface area contributed by atoms with Crippen LogP contribution >= 0.6 is 15.9 Å². The molecule has 2 aromatic rings. The molecule has 1 unspecified atom stereocenters. The molecule has 100 valence electrons. The maximum atomic E-state index is 13.7. The van der Waals surface area contributed by atoms with Gasteiger partial charge in [0.25, 0.3) is 0 Å². The van der Waals surface area contributed by atoms with Crippen LogP contribution < -0.4 is 0 Å². The van der Waals surface area contributed by atoms with Crippen LogP contribution in [0.4, 0.5) is 4.39 Å². The Labute approximate surface area is 122 Å². The molecule has 0 nitrogen and oxygen atoms in total. The fourth-order valence-electron chi connectivity index (χ4n) is 2.09. The van der Waals surface area contributed by atoms with Crippen LogP contribution in [-0.2, 0) is 6.42 Å². The van der Waals surface area contributed by atoms with E-state index in [4.69, 9.17) is 0 Å². The SMILES string of the molecule is CCCCc1ccc(C(Br)c2ccccc2F)cc1. The van der Waals surface area contributed by atoms with Gasteiger partial charge in [-0.05, 0) is 30.0 Å². The van der Waals surface area contributed by atoms with E-state index in [9.17, 15) is 4.39 Å². The Hall–Kier alpha value is -1.15. The van der Waals surface area contributed by atoms with Gasteiger partial charge in [0.1, 0.15) is 5.82 Å². The molecular formula is C17H18BrF. The average Bonchev–Trinajstić information content (AvgIpc) is 2.45. The molecule has 0 radical (unpaired) electrons. The molecule has 0 saturated heterocycles. The second-order valence-electron chi connectivity index (χ2n) is 4.73. The molecule has 0 fully saturated rings. The van der Waals surface area contributed by atoms with Crippen molar-refractivity contribution < 1.29 is 4.39 Å². The number of hydrogen-bond donors (Lipinski definition) is 0. The van der Waals surface area contributed by atoms with E-state index in [0.29, 0.717) is 5.56 Å². The van der Waals surface area contributed by atoms with E-state index < -0.39 is 0 Å². The third-order valence-electron chi connectivity index (χ3n) is 3.27. The number of benzene rings is 2. The zero-order valence-corrected chi connectivity index (χ0v) is 12.7. The summed E-state index contributed by atoms with van der Waals surface area (Å²) in [7, 11) is 0. The Kier molecular flexibility index (Phi) is 5.15. The van der Waals surface area contributed by atoms with E-state index in [-0.39, 0.29) is 10.6 Å². The summed E-state index contributed by atoms with van der Waals surface area (Å²) >= 11 is 3.58. The molecular weight excluding hydrogens is 303 g/mol. The molecule has 0 spiro atoms. The van der Waals surface area contributed by atoms with Gasteiger partial charge in [-0.15, -0.1) is 0 Å². The molecule has 0 saturated carbocycles. The Morgan fingerprint density at radius 2 is 1.74 bits per heavy atom. The number of hydrogen-bond acceptors (Lipinski definition) is 0. The van der Waals surface area contributed by atoms with Crippen LogP contribution in [0.3, 0.4) is 0 Å². The third-order valence-corrected chi connectivity index (χ3v) is 4.29. The van der Waals surface area contributed by atoms with Crippen LogP contribution in [-0.4, -0.2) is 0 Å². The van der Waals surface area contributed by atoms with E-state index in [0.717, 1.165) is 12.0 Å². The minimum atomic E-state index is -0.167. The van der Waals surface area contributed by atoms with E-state index in [1.807, 2.05) is 12.1 Å². The van der Waals surface area contributed by atoms with Crippen molar-refractivity contribution in [2.24, 2.45) is 0 Å². The van der Waals surface area contributed by atoms with E-state index in [1.165, 1.54) is 24.5 Å². The molecule has 2 heteroatoms. The first-order valence-electron chi connectivity index (χ1n) is 6.69. The quantitative estimate of drug-likeness (QED) is 0.624. The van der Waals surface area contributed by atoms with Gasteiger partial charge in [-0.3, -0.25) is 0 Å². The van der Waals surface area contributed by atoms with Gasteiger partial charge in [-0.25, -0.2) is 4.39 Å². The first kappa shape index (κ1) is 14.3. The summed E-state index contributed by atoms with van der Waals surface area (Å²) in [6, 6.07) is 15.3. The predicted molar refractivity (Wildman–Crippen MR) is 82.2 cm³/mol. The minimum Gasteiger partial charge on any atom is -0.207 e. The number of halogens is 2. The molecule has 0 amide bonds. The Bertz CT molecular complexity index is 519. The lowest BCUT2D eigenvalue weighted by atomic mass is 10.0. The Morgan fingerprint density at radius 1 is 1.05 bits per heavy atom. The summed E-state index contributed by atoms with van der Waals surface area (Å²) in [5, 5.41) is 0. The highest BCUT2D eigenvalue weighted by molar-refractivity contribution is 9.09. The first-order chi connectivity index (χ1) is 9.22. The second kappa shape index (κ2) is 6.85. The van der Waals surface area contributed by atoms with Gasteiger partial charge in [-0.1, -0.05) is 71.7 Å². The lowest BCUT2D eigenvalue weighted by molar-refractivity contribution is 0.613. The number of alkyl halides is 1. The normalized spacial score (nSPS) is 12.4. The van der Waals surface area contributed by atoms with Crippen molar-refractivity contribution in [2.45, 2.75) is 31.0 Å². The van der Waals surface area contributed by atoms with Crippen LogP contribution in [0.25, 0.3) is 0 Å². The molecule has 19 heavy (non-hydrogen) atoms. The molecule has 0 aromatic heterocycles. The molecule has 1 atom stereocenters. The van der Waals surface area contributed by atoms with Gasteiger partial charge in [0.2, 0.25) is 0 Å². The predicted octanol–water partition coefficient (Wildman–Crippen LogP) is 5.65. The summed E-state index contributed by atoms with van der Waals surface area (Å²) in [4.78, 5) is -0.0890. The molecule has 0 aliphatic heterocycles. The lowest BCUT2D eigenvalue weighted by Gasteiger charge is -2.12. The van der Waals surface area contributed by atoms with Gasteiger partial charge in [0.15, 0.2) is 0 Å². The van der Waals surface area contributed by atoms with Crippen molar-refractivity contribution in [2.75, 3.05) is 0 Å². The maximum absolute atomic E-state index is 13.7. The van der Waals surface area contributed by atoms with E-state index >= 15 is 0 Å². The Balaban J connectivity index is 2.16. The van der Waals surface area contributed by atoms with Gasteiger partial charge in [-0.2, -0.15) is 0 Å². The molecule has 0 heterocycles. The van der Waals surface area contributed by atoms with E-state index in [1.54, 1.807) is 6.07 Å². The van der Waals surface area contributed by atoms with Gasteiger partial charge < -0.3 is 0 Å². The number of rotatable bonds is 5. The first-order valence-corrected chi connectivity index (χ1v) is 7.61. The topological polar surface area (TPSA) is 0 Å². The fourth-order valence-corrected chi connectivity index (χ4v) is 2.77. The number of aryl methyl sites for hydroxylation is 1. The minimum absolute atomic E-state index is 0.0890. The second-order valence-corrected chi connectivity index (χ2v) is 5.64. The standard InChI is InChI=1S/C17H18BrF/c1-2-3-6-13-9-11-14(12-10-13)17(18)15-7-4-5-8-16(15)19/h4-5,7-12,17H,2-3,6H2,1H3. The van der Waals surface area contributed by atoms with E-state index in [2.05, 4.69) is 47.1 Å². The summed E-state index contributed by atoms with van der Waals surface area (Å²) < 4.78 is 13.7. The Morgan fingerprint density at radius 3 is 2.37 bits per heavy atom. The van der Waals surface area contributed by atoms with Crippen molar-refractivity contribution in [1.82, 2.24) is 0 Å². The smallest absolute Gasteiger partial charge is 0.127 e. The summed E-state index contributed by atoms with van der Waals surface area (Å²) in [6.07, 6.45) is 3.53. The van der Waals surface area contributed by atoms with Crippen molar-refractivity contribution in [1.29, 1.82) is 0 Å². The summed E-state index contributed by atoms with van der Waals surface area (Å²) in [5.41, 5.74) is 3.12.